The maximum absolute atomic E-state index is 12.4. The molecule has 1 unspecified atom stereocenters. The molecule has 8 heteroatoms. The number of hydrogen-bond donors (Lipinski definition) is 2. The smallest absolute Gasteiger partial charge is 0.323 e. The minimum atomic E-state index is -0.855. The second-order valence-corrected chi connectivity index (χ2v) is 7.21. The van der Waals surface area contributed by atoms with Gasteiger partial charge in [-0.05, 0) is 39.5 Å². The van der Waals surface area contributed by atoms with E-state index < -0.39 is 17.5 Å². The number of thiazole rings is 1. The van der Waals surface area contributed by atoms with Gasteiger partial charge >= 0.3 is 6.03 Å². The van der Waals surface area contributed by atoms with Crippen LogP contribution in [0.3, 0.4) is 0 Å². The first kappa shape index (κ1) is 15.0. The lowest BCUT2D eigenvalue weighted by molar-refractivity contribution is -0.134. The van der Waals surface area contributed by atoms with Crippen molar-refractivity contribution in [1.82, 2.24) is 15.2 Å². The van der Waals surface area contributed by atoms with Gasteiger partial charge in [0.2, 0.25) is 5.91 Å². The number of rotatable bonds is 4. The Bertz CT molecular complexity index is 648. The van der Waals surface area contributed by atoms with Gasteiger partial charge < -0.3 is 10.6 Å². The number of urea groups is 1. The van der Waals surface area contributed by atoms with Crippen LogP contribution in [0.1, 0.15) is 30.3 Å². The van der Waals surface area contributed by atoms with Crippen molar-refractivity contribution in [3.05, 3.63) is 10.6 Å². The highest BCUT2D eigenvalue weighted by Gasteiger charge is 2.56. The Balaban J connectivity index is 1.66. The van der Waals surface area contributed by atoms with Crippen LogP contribution in [0.2, 0.25) is 0 Å². The zero-order chi connectivity index (χ0) is 16.1. The molecular formula is C14H18N4O3S. The molecule has 1 aromatic heterocycles. The summed E-state index contributed by atoms with van der Waals surface area (Å²) in [5, 5.41) is 5.84. The summed E-state index contributed by atoms with van der Waals surface area (Å²) in [7, 11) is 0. The summed E-state index contributed by atoms with van der Waals surface area (Å²) < 4.78 is 0. The Morgan fingerprint density at radius 2 is 2.14 bits per heavy atom. The van der Waals surface area contributed by atoms with E-state index in [2.05, 4.69) is 15.6 Å². The Morgan fingerprint density at radius 1 is 1.45 bits per heavy atom. The largest absolute Gasteiger partial charge is 0.325 e. The standard InChI is InChI=1S/C14H18N4O3S/c1-7-8(2)22-12(15-7)16-10(19)6-18-11(20)14(3,9-4-5-9)17-13(18)21/h9H,4-6H2,1-3H3,(H,17,21)(H,15,16,19). The van der Waals surface area contributed by atoms with E-state index in [9.17, 15) is 14.4 Å². The molecule has 2 heterocycles. The normalized spacial score (nSPS) is 24.6. The molecule has 1 aliphatic heterocycles. The van der Waals surface area contributed by atoms with Gasteiger partial charge in [0.25, 0.3) is 5.91 Å². The van der Waals surface area contributed by atoms with E-state index in [0.717, 1.165) is 28.3 Å². The van der Waals surface area contributed by atoms with Crippen molar-refractivity contribution in [1.29, 1.82) is 0 Å². The molecule has 0 radical (unpaired) electrons. The summed E-state index contributed by atoms with van der Waals surface area (Å²) in [6, 6.07) is -0.499. The quantitative estimate of drug-likeness (QED) is 0.820. The van der Waals surface area contributed by atoms with E-state index in [1.54, 1.807) is 6.92 Å². The van der Waals surface area contributed by atoms with Gasteiger partial charge in [-0.3, -0.25) is 14.5 Å². The molecule has 0 aromatic carbocycles. The van der Waals surface area contributed by atoms with E-state index in [4.69, 9.17) is 0 Å². The molecule has 7 nitrogen and oxygen atoms in total. The van der Waals surface area contributed by atoms with Crippen LogP contribution in [0.25, 0.3) is 0 Å². The topological polar surface area (TPSA) is 91.4 Å². The summed E-state index contributed by atoms with van der Waals surface area (Å²) in [6.07, 6.45) is 1.86. The predicted molar refractivity (Wildman–Crippen MR) is 81.6 cm³/mol. The molecule has 1 saturated heterocycles. The molecule has 2 N–H and O–H groups in total. The molecule has 3 rings (SSSR count). The average Bonchev–Trinajstić information content (AvgIpc) is 3.20. The van der Waals surface area contributed by atoms with E-state index >= 15 is 0 Å². The average molecular weight is 322 g/mol. The third-order valence-electron chi connectivity index (χ3n) is 4.27. The van der Waals surface area contributed by atoms with Crippen LogP contribution in [0.4, 0.5) is 9.93 Å². The minimum Gasteiger partial charge on any atom is -0.323 e. The molecule has 22 heavy (non-hydrogen) atoms. The van der Waals surface area contributed by atoms with Crippen LogP contribution in [0, 0.1) is 19.8 Å². The van der Waals surface area contributed by atoms with Gasteiger partial charge in [-0.2, -0.15) is 0 Å². The van der Waals surface area contributed by atoms with Gasteiger partial charge in [0.1, 0.15) is 12.1 Å². The zero-order valence-electron chi connectivity index (χ0n) is 12.7. The summed E-state index contributed by atoms with van der Waals surface area (Å²) in [6.45, 7) is 5.22. The van der Waals surface area contributed by atoms with Crippen molar-refractivity contribution >= 4 is 34.3 Å². The number of carbonyl (C=O) groups excluding carboxylic acids is 3. The van der Waals surface area contributed by atoms with Gasteiger partial charge in [0, 0.05) is 4.88 Å². The lowest BCUT2D eigenvalue weighted by Crippen LogP contribution is -2.46. The van der Waals surface area contributed by atoms with Crippen molar-refractivity contribution < 1.29 is 14.4 Å². The van der Waals surface area contributed by atoms with E-state index in [-0.39, 0.29) is 18.4 Å². The zero-order valence-corrected chi connectivity index (χ0v) is 13.5. The summed E-state index contributed by atoms with van der Waals surface area (Å²) in [5.74, 6) is -0.555. The number of anilines is 1. The van der Waals surface area contributed by atoms with Crippen LogP contribution < -0.4 is 10.6 Å². The number of aryl methyl sites for hydroxylation is 2. The second-order valence-electron chi connectivity index (χ2n) is 6.01. The van der Waals surface area contributed by atoms with E-state index in [1.807, 2.05) is 13.8 Å². The number of nitrogens with zero attached hydrogens (tertiary/aromatic N) is 2. The fraction of sp³-hybridized carbons (Fsp3) is 0.571. The number of nitrogens with one attached hydrogen (secondary N) is 2. The third-order valence-corrected chi connectivity index (χ3v) is 5.26. The molecule has 118 valence electrons. The van der Waals surface area contributed by atoms with Gasteiger partial charge in [0.05, 0.1) is 5.69 Å². The first-order chi connectivity index (χ1) is 10.3. The van der Waals surface area contributed by atoms with E-state index in [1.165, 1.54) is 11.3 Å². The molecule has 2 fully saturated rings. The molecule has 2 aliphatic rings. The van der Waals surface area contributed by atoms with Crippen LogP contribution >= 0.6 is 11.3 Å². The SMILES string of the molecule is Cc1nc(NC(=O)CN2C(=O)NC(C)(C3CC3)C2=O)sc1C. The van der Waals surface area contributed by atoms with Crippen molar-refractivity contribution in [3.8, 4) is 0 Å². The number of hydrogen-bond acceptors (Lipinski definition) is 5. The molecule has 1 aliphatic carbocycles. The highest BCUT2D eigenvalue weighted by atomic mass is 32.1. The third kappa shape index (κ3) is 2.47. The Labute approximate surface area is 132 Å². The molecular weight excluding hydrogens is 304 g/mol. The van der Waals surface area contributed by atoms with Gasteiger partial charge in [-0.1, -0.05) is 0 Å². The fourth-order valence-corrected chi connectivity index (χ4v) is 3.46. The summed E-state index contributed by atoms with van der Waals surface area (Å²) in [5.41, 5.74) is 0.00253. The number of amides is 4. The van der Waals surface area contributed by atoms with Gasteiger partial charge in [-0.15, -0.1) is 11.3 Å². The fourth-order valence-electron chi connectivity index (χ4n) is 2.63. The van der Waals surface area contributed by atoms with Gasteiger partial charge in [0.15, 0.2) is 5.13 Å². The van der Waals surface area contributed by atoms with Crippen molar-refractivity contribution in [2.24, 2.45) is 5.92 Å². The van der Waals surface area contributed by atoms with Gasteiger partial charge in [-0.25, -0.2) is 9.78 Å². The molecule has 0 bridgehead atoms. The summed E-state index contributed by atoms with van der Waals surface area (Å²) >= 11 is 1.37. The van der Waals surface area contributed by atoms with E-state index in [0.29, 0.717) is 5.13 Å². The lowest BCUT2D eigenvalue weighted by atomic mass is 9.96. The monoisotopic (exact) mass is 322 g/mol. The maximum atomic E-state index is 12.4. The van der Waals surface area contributed by atoms with Crippen molar-refractivity contribution in [3.63, 3.8) is 0 Å². The Hall–Kier alpha value is -1.96. The second kappa shape index (κ2) is 5.05. The Morgan fingerprint density at radius 3 is 2.68 bits per heavy atom. The first-order valence-electron chi connectivity index (χ1n) is 7.19. The molecule has 1 aromatic rings. The Kier molecular flexibility index (Phi) is 3.43. The van der Waals surface area contributed by atoms with Crippen molar-refractivity contribution in [2.45, 2.75) is 39.2 Å². The predicted octanol–water partition coefficient (Wildman–Crippen LogP) is 1.42. The molecule has 0 spiro atoms. The van der Waals surface area contributed by atoms with Crippen LogP contribution in [-0.4, -0.2) is 39.8 Å². The number of carbonyl (C=O) groups is 3. The van der Waals surface area contributed by atoms with Crippen LogP contribution in [-0.2, 0) is 9.59 Å². The summed E-state index contributed by atoms with van der Waals surface area (Å²) in [4.78, 5) is 42.7. The number of aromatic nitrogens is 1. The maximum Gasteiger partial charge on any atom is 0.325 e. The highest BCUT2D eigenvalue weighted by molar-refractivity contribution is 7.15. The highest BCUT2D eigenvalue weighted by Crippen LogP contribution is 2.42. The minimum absolute atomic E-state index is 0.182. The number of imide groups is 1. The molecule has 1 atom stereocenters. The lowest BCUT2D eigenvalue weighted by Gasteiger charge is -2.20. The molecule has 4 amide bonds. The van der Waals surface area contributed by atoms with Crippen LogP contribution in [0.5, 0.6) is 0 Å². The first-order valence-corrected chi connectivity index (χ1v) is 8.01. The van der Waals surface area contributed by atoms with Crippen molar-refractivity contribution in [2.75, 3.05) is 11.9 Å². The molecule has 1 saturated carbocycles. The van der Waals surface area contributed by atoms with Crippen LogP contribution in [0.15, 0.2) is 0 Å².